The molecule has 0 spiro atoms. The molecule has 0 aromatic heterocycles. The minimum atomic E-state index is -0.330. The number of methoxy groups -OCH3 is 3. The van der Waals surface area contributed by atoms with Gasteiger partial charge in [0.25, 0.3) is 0 Å². The largest absolute Gasteiger partial charge is 0.497 e. The SMILES string of the molecule is COc1ccc(CN(Cc2ccc(OC)cc2)c2cc(F)cc(OC)c2)cc1. The maximum atomic E-state index is 14.1. The lowest BCUT2D eigenvalue weighted by molar-refractivity contribution is 0.411. The number of rotatable bonds is 8. The summed E-state index contributed by atoms with van der Waals surface area (Å²) in [7, 11) is 4.82. The van der Waals surface area contributed by atoms with Crippen LogP contribution in [0.2, 0.25) is 0 Å². The summed E-state index contributed by atoms with van der Waals surface area (Å²) in [4.78, 5) is 2.11. The van der Waals surface area contributed by atoms with Crippen molar-refractivity contribution in [1.82, 2.24) is 0 Å². The predicted molar refractivity (Wildman–Crippen MR) is 109 cm³/mol. The van der Waals surface area contributed by atoms with E-state index in [-0.39, 0.29) is 5.82 Å². The molecule has 3 aromatic rings. The summed E-state index contributed by atoms with van der Waals surface area (Å²) in [6.07, 6.45) is 0. The van der Waals surface area contributed by atoms with Crippen molar-refractivity contribution in [2.45, 2.75) is 13.1 Å². The van der Waals surface area contributed by atoms with E-state index in [0.717, 1.165) is 28.3 Å². The number of anilines is 1. The van der Waals surface area contributed by atoms with Crippen molar-refractivity contribution >= 4 is 5.69 Å². The lowest BCUT2D eigenvalue weighted by atomic mass is 10.1. The van der Waals surface area contributed by atoms with Gasteiger partial charge in [0.1, 0.15) is 23.1 Å². The van der Waals surface area contributed by atoms with Gasteiger partial charge in [-0.3, -0.25) is 0 Å². The first-order valence-electron chi connectivity index (χ1n) is 8.96. The molecule has 0 atom stereocenters. The van der Waals surface area contributed by atoms with Crippen molar-refractivity contribution < 1.29 is 18.6 Å². The number of ether oxygens (including phenoxy) is 3. The van der Waals surface area contributed by atoms with E-state index in [9.17, 15) is 4.39 Å². The molecule has 0 aliphatic rings. The second-order valence-corrected chi connectivity index (χ2v) is 6.40. The summed E-state index contributed by atoms with van der Waals surface area (Å²) >= 11 is 0. The van der Waals surface area contributed by atoms with Crippen molar-refractivity contribution in [2.75, 3.05) is 26.2 Å². The fourth-order valence-electron chi connectivity index (χ4n) is 2.99. The number of halogens is 1. The Hall–Kier alpha value is -3.21. The molecular weight excluding hydrogens is 357 g/mol. The lowest BCUT2D eigenvalue weighted by Gasteiger charge is -2.26. The molecule has 0 aliphatic heterocycles. The molecule has 0 heterocycles. The van der Waals surface area contributed by atoms with E-state index in [1.54, 1.807) is 14.2 Å². The molecular formula is C23H24FNO3. The van der Waals surface area contributed by atoms with Gasteiger partial charge in [-0.25, -0.2) is 4.39 Å². The van der Waals surface area contributed by atoms with Crippen LogP contribution in [0, 0.1) is 5.82 Å². The first-order chi connectivity index (χ1) is 13.6. The van der Waals surface area contributed by atoms with Crippen molar-refractivity contribution in [2.24, 2.45) is 0 Å². The number of hydrogen-bond donors (Lipinski definition) is 0. The van der Waals surface area contributed by atoms with Crippen LogP contribution in [-0.4, -0.2) is 21.3 Å². The summed E-state index contributed by atoms with van der Waals surface area (Å²) in [5.74, 6) is 1.77. The maximum Gasteiger partial charge on any atom is 0.128 e. The monoisotopic (exact) mass is 381 g/mol. The minimum Gasteiger partial charge on any atom is -0.497 e. The van der Waals surface area contributed by atoms with Crippen molar-refractivity contribution in [3.63, 3.8) is 0 Å². The third-order valence-corrected chi connectivity index (χ3v) is 4.52. The Balaban J connectivity index is 1.90. The van der Waals surface area contributed by atoms with Crippen LogP contribution in [0.5, 0.6) is 17.2 Å². The van der Waals surface area contributed by atoms with E-state index in [4.69, 9.17) is 14.2 Å². The Kier molecular flexibility index (Phi) is 6.37. The summed E-state index contributed by atoms with van der Waals surface area (Å²) in [5, 5.41) is 0. The van der Waals surface area contributed by atoms with Gasteiger partial charge < -0.3 is 19.1 Å². The number of nitrogens with zero attached hydrogens (tertiary/aromatic N) is 1. The highest BCUT2D eigenvalue weighted by Crippen LogP contribution is 2.27. The molecule has 5 heteroatoms. The highest BCUT2D eigenvalue weighted by molar-refractivity contribution is 5.52. The summed E-state index contributed by atoms with van der Waals surface area (Å²) < 4.78 is 29.8. The van der Waals surface area contributed by atoms with E-state index >= 15 is 0 Å². The molecule has 4 nitrogen and oxygen atoms in total. The van der Waals surface area contributed by atoms with Crippen LogP contribution in [0.4, 0.5) is 10.1 Å². The van der Waals surface area contributed by atoms with Gasteiger partial charge in [0.05, 0.1) is 21.3 Å². The van der Waals surface area contributed by atoms with Crippen LogP contribution < -0.4 is 19.1 Å². The van der Waals surface area contributed by atoms with Crippen LogP contribution in [-0.2, 0) is 13.1 Å². The third kappa shape index (κ3) is 4.94. The maximum absolute atomic E-state index is 14.1. The zero-order valence-corrected chi connectivity index (χ0v) is 16.3. The van der Waals surface area contributed by atoms with E-state index in [1.807, 2.05) is 54.6 Å². The highest BCUT2D eigenvalue weighted by atomic mass is 19.1. The van der Waals surface area contributed by atoms with Gasteiger partial charge in [0, 0.05) is 30.9 Å². The first-order valence-corrected chi connectivity index (χ1v) is 8.96. The summed E-state index contributed by atoms with van der Waals surface area (Å²) in [6, 6.07) is 20.5. The fourth-order valence-corrected chi connectivity index (χ4v) is 2.99. The van der Waals surface area contributed by atoms with Crippen LogP contribution in [0.25, 0.3) is 0 Å². The predicted octanol–water partition coefficient (Wildman–Crippen LogP) is 5.06. The van der Waals surface area contributed by atoms with Gasteiger partial charge in [0.15, 0.2) is 0 Å². The quantitative estimate of drug-likeness (QED) is 0.546. The smallest absolute Gasteiger partial charge is 0.128 e. The molecule has 0 fully saturated rings. The van der Waals surface area contributed by atoms with Crippen molar-refractivity contribution in [3.8, 4) is 17.2 Å². The van der Waals surface area contributed by atoms with Gasteiger partial charge in [-0.15, -0.1) is 0 Å². The zero-order chi connectivity index (χ0) is 19.9. The summed E-state index contributed by atoms with van der Waals surface area (Å²) in [6.45, 7) is 1.23. The Morgan fingerprint density at radius 2 is 1.11 bits per heavy atom. The van der Waals surface area contributed by atoms with Crippen LogP contribution in [0.3, 0.4) is 0 Å². The molecule has 146 valence electrons. The molecule has 3 aromatic carbocycles. The Morgan fingerprint density at radius 3 is 1.54 bits per heavy atom. The first kappa shape index (κ1) is 19.5. The van der Waals surface area contributed by atoms with Gasteiger partial charge in [-0.1, -0.05) is 24.3 Å². The van der Waals surface area contributed by atoms with E-state index in [1.165, 1.54) is 19.2 Å². The second-order valence-electron chi connectivity index (χ2n) is 6.40. The zero-order valence-electron chi connectivity index (χ0n) is 16.3. The molecule has 28 heavy (non-hydrogen) atoms. The molecule has 0 amide bonds. The van der Waals surface area contributed by atoms with Crippen LogP contribution >= 0.6 is 0 Å². The normalized spacial score (nSPS) is 10.4. The lowest BCUT2D eigenvalue weighted by Crippen LogP contribution is -2.22. The number of hydrogen-bond acceptors (Lipinski definition) is 4. The second kappa shape index (κ2) is 9.13. The van der Waals surface area contributed by atoms with Gasteiger partial charge in [-0.05, 0) is 41.5 Å². The van der Waals surface area contributed by atoms with Crippen LogP contribution in [0.1, 0.15) is 11.1 Å². The fraction of sp³-hybridized carbons (Fsp3) is 0.217. The number of benzene rings is 3. The standard InChI is InChI=1S/C23H24FNO3/c1-26-21-8-4-17(5-9-21)15-25(16-18-6-10-22(27-2)11-7-18)20-12-19(24)13-23(14-20)28-3/h4-14H,15-16H2,1-3H3. The third-order valence-electron chi connectivity index (χ3n) is 4.52. The van der Waals surface area contributed by atoms with Gasteiger partial charge >= 0.3 is 0 Å². The highest BCUT2D eigenvalue weighted by Gasteiger charge is 2.12. The Bertz CT molecular complexity index is 845. The van der Waals surface area contributed by atoms with Crippen LogP contribution in [0.15, 0.2) is 66.7 Å². The minimum absolute atomic E-state index is 0.330. The molecule has 0 saturated heterocycles. The Morgan fingerprint density at radius 1 is 0.643 bits per heavy atom. The average Bonchev–Trinajstić information content (AvgIpc) is 2.73. The van der Waals surface area contributed by atoms with E-state index in [0.29, 0.717) is 18.8 Å². The molecule has 0 bridgehead atoms. The van der Waals surface area contributed by atoms with Crippen molar-refractivity contribution in [3.05, 3.63) is 83.7 Å². The molecule has 0 aliphatic carbocycles. The van der Waals surface area contributed by atoms with E-state index in [2.05, 4.69) is 4.90 Å². The molecule has 0 saturated carbocycles. The molecule has 0 unspecified atom stereocenters. The average molecular weight is 381 g/mol. The Labute approximate surface area is 165 Å². The summed E-state index contributed by atoms with van der Waals surface area (Å²) in [5.41, 5.74) is 2.94. The van der Waals surface area contributed by atoms with Gasteiger partial charge in [0.2, 0.25) is 0 Å². The van der Waals surface area contributed by atoms with Gasteiger partial charge in [-0.2, -0.15) is 0 Å². The van der Waals surface area contributed by atoms with Crippen molar-refractivity contribution in [1.29, 1.82) is 0 Å². The molecule has 3 rings (SSSR count). The molecule has 0 N–H and O–H groups in total. The molecule has 0 radical (unpaired) electrons. The van der Waals surface area contributed by atoms with E-state index < -0.39 is 0 Å². The topological polar surface area (TPSA) is 30.9 Å².